The zero-order valence-corrected chi connectivity index (χ0v) is 9.02. The lowest BCUT2D eigenvalue weighted by Crippen LogP contribution is -2.11. The van der Waals surface area contributed by atoms with Gasteiger partial charge in [0.15, 0.2) is 0 Å². The van der Waals surface area contributed by atoms with Crippen LogP contribution in [0.5, 0.6) is 0 Å². The molecular formula is C11H15ClFN. The molecule has 1 atom stereocenters. The summed E-state index contributed by atoms with van der Waals surface area (Å²) < 4.78 is 13.3. The fraction of sp³-hybridized carbons (Fsp3) is 0.455. The highest BCUT2D eigenvalue weighted by Crippen LogP contribution is 2.17. The van der Waals surface area contributed by atoms with Crippen molar-refractivity contribution >= 4 is 11.6 Å². The maximum Gasteiger partial charge on any atom is 0.127 e. The van der Waals surface area contributed by atoms with E-state index in [-0.39, 0.29) is 5.82 Å². The monoisotopic (exact) mass is 215 g/mol. The quantitative estimate of drug-likeness (QED) is 0.821. The van der Waals surface area contributed by atoms with Crippen molar-refractivity contribution in [3.8, 4) is 0 Å². The van der Waals surface area contributed by atoms with Crippen molar-refractivity contribution in [2.75, 3.05) is 6.54 Å². The van der Waals surface area contributed by atoms with E-state index in [4.69, 9.17) is 17.3 Å². The maximum absolute atomic E-state index is 13.3. The summed E-state index contributed by atoms with van der Waals surface area (Å²) in [6, 6.07) is 4.80. The second-order valence-electron chi connectivity index (χ2n) is 3.62. The van der Waals surface area contributed by atoms with Gasteiger partial charge in [0.25, 0.3) is 0 Å². The van der Waals surface area contributed by atoms with Gasteiger partial charge in [-0.2, -0.15) is 0 Å². The van der Waals surface area contributed by atoms with Crippen LogP contribution < -0.4 is 5.73 Å². The molecule has 2 N–H and O–H groups in total. The van der Waals surface area contributed by atoms with E-state index in [1.807, 2.05) is 0 Å². The SMILES string of the molecule is CC(CN)CCc1ccc(Cl)cc1F. The van der Waals surface area contributed by atoms with E-state index in [0.717, 1.165) is 18.4 Å². The van der Waals surface area contributed by atoms with Gasteiger partial charge in [-0.3, -0.25) is 0 Å². The Morgan fingerprint density at radius 3 is 2.79 bits per heavy atom. The van der Waals surface area contributed by atoms with Gasteiger partial charge in [0.05, 0.1) is 0 Å². The van der Waals surface area contributed by atoms with E-state index in [1.165, 1.54) is 6.07 Å². The molecule has 0 bridgehead atoms. The molecule has 0 radical (unpaired) electrons. The Morgan fingerprint density at radius 1 is 1.50 bits per heavy atom. The fourth-order valence-corrected chi connectivity index (χ4v) is 1.40. The third-order valence-electron chi connectivity index (χ3n) is 2.32. The molecule has 78 valence electrons. The Bertz CT molecular complexity index is 301. The van der Waals surface area contributed by atoms with Crippen LogP contribution >= 0.6 is 11.6 Å². The molecule has 0 aliphatic heterocycles. The van der Waals surface area contributed by atoms with Gasteiger partial charge in [-0.1, -0.05) is 24.6 Å². The van der Waals surface area contributed by atoms with Crippen LogP contribution in [-0.4, -0.2) is 6.54 Å². The van der Waals surface area contributed by atoms with E-state index in [0.29, 0.717) is 17.5 Å². The molecule has 0 amide bonds. The fourth-order valence-electron chi connectivity index (χ4n) is 1.24. The number of hydrogen-bond donors (Lipinski definition) is 1. The summed E-state index contributed by atoms with van der Waals surface area (Å²) in [5.41, 5.74) is 6.20. The van der Waals surface area contributed by atoms with Crippen LogP contribution in [0.3, 0.4) is 0 Å². The van der Waals surface area contributed by atoms with E-state index in [1.54, 1.807) is 12.1 Å². The molecule has 14 heavy (non-hydrogen) atoms. The van der Waals surface area contributed by atoms with Crippen LogP contribution in [0.25, 0.3) is 0 Å². The highest BCUT2D eigenvalue weighted by molar-refractivity contribution is 6.30. The molecule has 1 aromatic rings. The molecule has 0 fully saturated rings. The predicted molar refractivity (Wildman–Crippen MR) is 57.9 cm³/mol. The summed E-state index contributed by atoms with van der Waals surface area (Å²) in [7, 11) is 0. The molecule has 1 aromatic carbocycles. The largest absolute Gasteiger partial charge is 0.330 e. The van der Waals surface area contributed by atoms with Gasteiger partial charge in [0.2, 0.25) is 0 Å². The van der Waals surface area contributed by atoms with Crippen molar-refractivity contribution in [1.82, 2.24) is 0 Å². The van der Waals surface area contributed by atoms with Crippen LogP contribution in [0.15, 0.2) is 18.2 Å². The van der Waals surface area contributed by atoms with Gasteiger partial charge in [-0.05, 0) is 43.0 Å². The number of rotatable bonds is 4. The summed E-state index contributed by atoms with van der Waals surface area (Å²) in [4.78, 5) is 0. The third-order valence-corrected chi connectivity index (χ3v) is 2.56. The second kappa shape index (κ2) is 5.32. The smallest absolute Gasteiger partial charge is 0.127 e. The lowest BCUT2D eigenvalue weighted by atomic mass is 10.0. The number of halogens is 2. The molecular weight excluding hydrogens is 201 g/mol. The topological polar surface area (TPSA) is 26.0 Å². The van der Waals surface area contributed by atoms with Crippen LogP contribution in [0.4, 0.5) is 4.39 Å². The average molecular weight is 216 g/mol. The summed E-state index contributed by atoms with van der Waals surface area (Å²) in [5.74, 6) is 0.215. The Balaban J connectivity index is 2.59. The van der Waals surface area contributed by atoms with Gasteiger partial charge in [0, 0.05) is 5.02 Å². The molecule has 1 rings (SSSR count). The minimum absolute atomic E-state index is 0.221. The first-order chi connectivity index (χ1) is 6.63. The highest BCUT2D eigenvalue weighted by atomic mass is 35.5. The number of nitrogens with two attached hydrogens (primary N) is 1. The third kappa shape index (κ3) is 3.28. The molecule has 3 heteroatoms. The van der Waals surface area contributed by atoms with Crippen LogP contribution in [0, 0.1) is 11.7 Å². The minimum Gasteiger partial charge on any atom is -0.330 e. The van der Waals surface area contributed by atoms with Gasteiger partial charge in [0.1, 0.15) is 5.82 Å². The van der Waals surface area contributed by atoms with Gasteiger partial charge >= 0.3 is 0 Å². The minimum atomic E-state index is -0.221. The Labute approximate surface area is 89.1 Å². The predicted octanol–water partition coefficient (Wildman–Crippen LogP) is 3.01. The van der Waals surface area contributed by atoms with Crippen molar-refractivity contribution in [2.24, 2.45) is 11.7 Å². The van der Waals surface area contributed by atoms with Gasteiger partial charge < -0.3 is 5.73 Å². The Hall–Kier alpha value is -0.600. The average Bonchev–Trinajstić information content (AvgIpc) is 2.16. The van der Waals surface area contributed by atoms with E-state index >= 15 is 0 Å². The first kappa shape index (κ1) is 11.5. The van der Waals surface area contributed by atoms with Crippen molar-refractivity contribution in [1.29, 1.82) is 0 Å². The zero-order chi connectivity index (χ0) is 10.6. The standard InChI is InChI=1S/C11H15ClFN/c1-8(7-14)2-3-9-4-5-10(12)6-11(9)13/h4-6,8H,2-3,7,14H2,1H3. The molecule has 0 aromatic heterocycles. The van der Waals surface area contributed by atoms with Gasteiger partial charge in [-0.25, -0.2) is 4.39 Å². The lowest BCUT2D eigenvalue weighted by Gasteiger charge is -2.08. The molecule has 0 spiro atoms. The zero-order valence-electron chi connectivity index (χ0n) is 8.26. The number of benzene rings is 1. The Morgan fingerprint density at radius 2 is 2.21 bits per heavy atom. The summed E-state index contributed by atoms with van der Waals surface area (Å²) in [6.45, 7) is 2.71. The molecule has 0 heterocycles. The Kier molecular flexibility index (Phi) is 4.36. The van der Waals surface area contributed by atoms with Crippen molar-refractivity contribution < 1.29 is 4.39 Å². The molecule has 1 unspecified atom stereocenters. The second-order valence-corrected chi connectivity index (χ2v) is 4.05. The normalized spacial score (nSPS) is 12.9. The lowest BCUT2D eigenvalue weighted by molar-refractivity contribution is 0.529. The van der Waals surface area contributed by atoms with Gasteiger partial charge in [-0.15, -0.1) is 0 Å². The van der Waals surface area contributed by atoms with Crippen molar-refractivity contribution in [3.63, 3.8) is 0 Å². The summed E-state index contributed by atoms with van der Waals surface area (Å²) in [5, 5.41) is 0.443. The first-order valence-electron chi connectivity index (χ1n) is 4.77. The van der Waals surface area contributed by atoms with Crippen molar-refractivity contribution in [3.05, 3.63) is 34.6 Å². The molecule has 0 saturated carbocycles. The maximum atomic E-state index is 13.3. The highest BCUT2D eigenvalue weighted by Gasteiger charge is 2.05. The first-order valence-corrected chi connectivity index (χ1v) is 5.15. The molecule has 0 aliphatic rings. The summed E-state index contributed by atoms with van der Waals surface area (Å²) in [6.07, 6.45) is 1.64. The van der Waals surface area contributed by atoms with Crippen molar-refractivity contribution in [2.45, 2.75) is 19.8 Å². The van der Waals surface area contributed by atoms with E-state index in [2.05, 4.69) is 6.92 Å². The number of hydrogen-bond acceptors (Lipinski definition) is 1. The van der Waals surface area contributed by atoms with Crippen LogP contribution in [0.1, 0.15) is 18.9 Å². The molecule has 1 nitrogen and oxygen atoms in total. The van der Waals surface area contributed by atoms with E-state index < -0.39 is 0 Å². The molecule has 0 saturated heterocycles. The molecule has 0 aliphatic carbocycles. The van der Waals surface area contributed by atoms with Crippen LogP contribution in [-0.2, 0) is 6.42 Å². The van der Waals surface area contributed by atoms with E-state index in [9.17, 15) is 4.39 Å². The summed E-state index contributed by atoms with van der Waals surface area (Å²) >= 11 is 5.65. The number of aryl methyl sites for hydroxylation is 1. The van der Waals surface area contributed by atoms with Crippen LogP contribution in [0.2, 0.25) is 5.02 Å².